The van der Waals surface area contributed by atoms with E-state index in [1.807, 2.05) is 30.3 Å². The van der Waals surface area contributed by atoms with E-state index in [9.17, 15) is 9.59 Å². The summed E-state index contributed by atoms with van der Waals surface area (Å²) in [6, 6.07) is 9.98. The average molecular weight is 303 g/mol. The normalized spacial score (nSPS) is 22.6. The summed E-state index contributed by atoms with van der Waals surface area (Å²) >= 11 is 0. The zero-order chi connectivity index (χ0) is 15.9. The molecule has 1 heterocycles. The SMILES string of the molecule is CC(=O)NC(CC(=O)NC1CCNC(C)C1)c1ccccc1. The zero-order valence-corrected chi connectivity index (χ0v) is 13.3. The van der Waals surface area contributed by atoms with Crippen LogP contribution in [-0.4, -0.2) is 30.4 Å². The molecule has 22 heavy (non-hydrogen) atoms. The van der Waals surface area contributed by atoms with Crippen LogP contribution in [0.5, 0.6) is 0 Å². The summed E-state index contributed by atoms with van der Waals surface area (Å²) in [4.78, 5) is 23.7. The van der Waals surface area contributed by atoms with Crippen molar-refractivity contribution >= 4 is 11.8 Å². The monoisotopic (exact) mass is 303 g/mol. The smallest absolute Gasteiger partial charge is 0.222 e. The van der Waals surface area contributed by atoms with Gasteiger partial charge in [-0.1, -0.05) is 30.3 Å². The minimum absolute atomic E-state index is 0.0123. The van der Waals surface area contributed by atoms with Gasteiger partial charge in [0.1, 0.15) is 0 Å². The topological polar surface area (TPSA) is 70.2 Å². The van der Waals surface area contributed by atoms with Crippen molar-refractivity contribution in [1.82, 2.24) is 16.0 Å². The minimum atomic E-state index is -0.280. The van der Waals surface area contributed by atoms with Gasteiger partial charge in [-0.05, 0) is 31.9 Å². The third-order valence-electron chi connectivity index (χ3n) is 3.96. The maximum Gasteiger partial charge on any atom is 0.222 e. The Morgan fingerprint density at radius 2 is 2.05 bits per heavy atom. The van der Waals surface area contributed by atoms with Crippen molar-refractivity contribution in [2.24, 2.45) is 0 Å². The van der Waals surface area contributed by atoms with E-state index in [2.05, 4.69) is 22.9 Å². The first-order valence-corrected chi connectivity index (χ1v) is 7.89. The Hall–Kier alpha value is -1.88. The van der Waals surface area contributed by atoms with Gasteiger partial charge in [-0.25, -0.2) is 0 Å². The standard InChI is InChI=1S/C17H25N3O2/c1-12-10-15(8-9-18-12)20-17(22)11-16(19-13(2)21)14-6-4-3-5-7-14/h3-7,12,15-16,18H,8-11H2,1-2H3,(H,19,21)(H,20,22). The summed E-state index contributed by atoms with van der Waals surface area (Å²) in [6.07, 6.45) is 2.16. The summed E-state index contributed by atoms with van der Waals surface area (Å²) in [5.74, 6) is -0.140. The van der Waals surface area contributed by atoms with E-state index in [1.165, 1.54) is 6.92 Å². The van der Waals surface area contributed by atoms with Crippen LogP contribution in [0, 0.1) is 0 Å². The number of carbonyl (C=O) groups excluding carboxylic acids is 2. The molecule has 120 valence electrons. The van der Waals surface area contributed by atoms with Gasteiger partial charge in [-0.3, -0.25) is 9.59 Å². The Labute approximate surface area is 131 Å². The van der Waals surface area contributed by atoms with E-state index >= 15 is 0 Å². The fourth-order valence-electron chi connectivity index (χ4n) is 2.92. The van der Waals surface area contributed by atoms with Crippen LogP contribution in [0.4, 0.5) is 0 Å². The van der Waals surface area contributed by atoms with Crippen molar-refractivity contribution in [3.05, 3.63) is 35.9 Å². The zero-order valence-electron chi connectivity index (χ0n) is 13.3. The van der Waals surface area contributed by atoms with Crippen molar-refractivity contribution in [2.45, 2.75) is 51.2 Å². The molecule has 0 spiro atoms. The molecule has 0 saturated carbocycles. The fourth-order valence-corrected chi connectivity index (χ4v) is 2.92. The summed E-state index contributed by atoms with van der Waals surface area (Å²) in [5.41, 5.74) is 0.950. The number of hydrogen-bond donors (Lipinski definition) is 3. The first-order valence-electron chi connectivity index (χ1n) is 7.89. The molecule has 3 atom stereocenters. The molecule has 3 N–H and O–H groups in total. The number of piperidine rings is 1. The van der Waals surface area contributed by atoms with E-state index in [-0.39, 0.29) is 30.3 Å². The number of hydrogen-bond acceptors (Lipinski definition) is 3. The molecule has 1 aromatic carbocycles. The number of benzene rings is 1. The molecular formula is C17H25N3O2. The molecule has 5 heteroatoms. The molecule has 3 unspecified atom stereocenters. The van der Waals surface area contributed by atoms with Gasteiger partial charge in [-0.2, -0.15) is 0 Å². The van der Waals surface area contributed by atoms with Crippen LogP contribution in [0.1, 0.15) is 44.7 Å². The maximum absolute atomic E-state index is 12.3. The first kappa shape index (κ1) is 16.5. The van der Waals surface area contributed by atoms with Crippen LogP contribution in [0.2, 0.25) is 0 Å². The molecule has 1 aliphatic rings. The second-order valence-electron chi connectivity index (χ2n) is 6.01. The minimum Gasteiger partial charge on any atom is -0.353 e. The molecule has 5 nitrogen and oxygen atoms in total. The first-order chi connectivity index (χ1) is 10.5. The molecule has 0 bridgehead atoms. The van der Waals surface area contributed by atoms with Crippen LogP contribution >= 0.6 is 0 Å². The molecule has 1 saturated heterocycles. The Kier molecular flexibility index (Phi) is 5.95. The molecule has 0 radical (unpaired) electrons. The summed E-state index contributed by atoms with van der Waals surface area (Å²) in [5, 5.41) is 9.32. The third kappa shape index (κ3) is 5.15. The van der Waals surface area contributed by atoms with Gasteiger partial charge in [0.2, 0.25) is 11.8 Å². The van der Waals surface area contributed by atoms with Crippen LogP contribution < -0.4 is 16.0 Å². The highest BCUT2D eigenvalue weighted by Gasteiger charge is 2.22. The van der Waals surface area contributed by atoms with Crippen molar-refractivity contribution < 1.29 is 9.59 Å². The van der Waals surface area contributed by atoms with Crippen molar-refractivity contribution in [3.63, 3.8) is 0 Å². The fraction of sp³-hybridized carbons (Fsp3) is 0.529. The second-order valence-corrected chi connectivity index (χ2v) is 6.01. The molecule has 0 aromatic heterocycles. The van der Waals surface area contributed by atoms with E-state index in [0.717, 1.165) is 24.9 Å². The Morgan fingerprint density at radius 3 is 2.68 bits per heavy atom. The van der Waals surface area contributed by atoms with E-state index < -0.39 is 0 Å². The summed E-state index contributed by atoms with van der Waals surface area (Å²) in [7, 11) is 0. The van der Waals surface area contributed by atoms with Crippen molar-refractivity contribution in [1.29, 1.82) is 0 Å². The quantitative estimate of drug-likeness (QED) is 0.772. The molecule has 1 aliphatic heterocycles. The van der Waals surface area contributed by atoms with Crippen molar-refractivity contribution in [3.8, 4) is 0 Å². The third-order valence-corrected chi connectivity index (χ3v) is 3.96. The molecule has 1 fully saturated rings. The maximum atomic E-state index is 12.3. The van der Waals surface area contributed by atoms with Gasteiger partial charge in [-0.15, -0.1) is 0 Å². The second kappa shape index (κ2) is 7.94. The van der Waals surface area contributed by atoms with Crippen LogP contribution in [0.25, 0.3) is 0 Å². The van der Waals surface area contributed by atoms with Gasteiger partial charge in [0, 0.05) is 19.0 Å². The predicted octanol–water partition coefficient (Wildman–Crippen LogP) is 1.51. The highest BCUT2D eigenvalue weighted by Crippen LogP contribution is 2.17. The predicted molar refractivity (Wildman–Crippen MR) is 86.2 cm³/mol. The summed E-state index contributed by atoms with van der Waals surface area (Å²) in [6.45, 7) is 4.53. The number of carbonyl (C=O) groups is 2. The van der Waals surface area contributed by atoms with Crippen LogP contribution in [0.15, 0.2) is 30.3 Å². The summed E-state index contributed by atoms with van der Waals surface area (Å²) < 4.78 is 0. The number of rotatable bonds is 5. The molecular weight excluding hydrogens is 278 g/mol. The average Bonchev–Trinajstić information content (AvgIpc) is 2.47. The van der Waals surface area contributed by atoms with E-state index in [4.69, 9.17) is 0 Å². The Balaban J connectivity index is 1.94. The lowest BCUT2D eigenvalue weighted by atomic mass is 9.99. The Bertz CT molecular complexity index is 504. The lowest BCUT2D eigenvalue weighted by Crippen LogP contribution is -2.47. The highest BCUT2D eigenvalue weighted by molar-refractivity contribution is 5.79. The molecule has 0 aliphatic carbocycles. The van der Waals surface area contributed by atoms with Gasteiger partial charge in [0.15, 0.2) is 0 Å². The molecule has 2 amide bonds. The highest BCUT2D eigenvalue weighted by atomic mass is 16.2. The van der Waals surface area contributed by atoms with Crippen LogP contribution in [-0.2, 0) is 9.59 Å². The lowest BCUT2D eigenvalue weighted by Gasteiger charge is -2.29. The molecule has 2 rings (SSSR count). The van der Waals surface area contributed by atoms with Gasteiger partial charge < -0.3 is 16.0 Å². The van der Waals surface area contributed by atoms with Crippen LogP contribution in [0.3, 0.4) is 0 Å². The molecule has 1 aromatic rings. The number of amides is 2. The van der Waals surface area contributed by atoms with E-state index in [1.54, 1.807) is 0 Å². The van der Waals surface area contributed by atoms with Crippen molar-refractivity contribution in [2.75, 3.05) is 6.54 Å². The largest absolute Gasteiger partial charge is 0.353 e. The lowest BCUT2D eigenvalue weighted by molar-refractivity contribution is -0.123. The number of nitrogens with one attached hydrogen (secondary N) is 3. The van der Waals surface area contributed by atoms with Gasteiger partial charge in [0.05, 0.1) is 12.5 Å². The van der Waals surface area contributed by atoms with Gasteiger partial charge in [0.25, 0.3) is 0 Å². The Morgan fingerprint density at radius 1 is 1.32 bits per heavy atom. The van der Waals surface area contributed by atoms with E-state index in [0.29, 0.717) is 6.04 Å². The van der Waals surface area contributed by atoms with Gasteiger partial charge >= 0.3 is 0 Å².